The normalized spacial score (nSPS) is 17.5. The topological polar surface area (TPSA) is 127 Å². The monoisotopic (exact) mass is 506 g/mol. The smallest absolute Gasteiger partial charge is 0.410 e. The van der Waals surface area contributed by atoms with E-state index < -0.39 is 35.9 Å². The van der Waals surface area contributed by atoms with Crippen LogP contribution < -0.4 is 15.8 Å². The van der Waals surface area contributed by atoms with E-state index in [9.17, 15) is 28.3 Å². The fourth-order valence-corrected chi connectivity index (χ4v) is 4.29. The number of ether oxygens (including phenoxy) is 1. The molecule has 0 aliphatic carbocycles. The van der Waals surface area contributed by atoms with Crippen LogP contribution in [0, 0.1) is 5.82 Å². The number of hydrogen-bond acceptors (Lipinski definition) is 5. The zero-order valence-corrected chi connectivity index (χ0v) is 19.0. The highest BCUT2D eigenvalue weighted by molar-refractivity contribution is 6.30. The number of hydrogen-bond donors (Lipinski definition) is 3. The molecule has 2 heterocycles. The standard InChI is InChI=1S/C23H21ClF2N4O5/c24-16-3-1-2-12(21(16)26)8-28-22(33)18-6-13(25)9-30(18)20(32)11-29-10-19(35-23(27)34)15-5-4-14(31)7-17(15)29/h1-5,7,10,13,18,31H,6,8-9,11H2,(H2,27,34)(H,28,33)/t13-,18+/m1/s1. The molecule has 1 fully saturated rings. The Morgan fingerprint density at radius 2 is 2.03 bits per heavy atom. The molecule has 0 spiro atoms. The van der Waals surface area contributed by atoms with Crippen molar-refractivity contribution >= 4 is 40.4 Å². The molecule has 35 heavy (non-hydrogen) atoms. The molecule has 1 aliphatic heterocycles. The van der Waals surface area contributed by atoms with Gasteiger partial charge in [0.25, 0.3) is 0 Å². The summed E-state index contributed by atoms with van der Waals surface area (Å²) in [6, 6.07) is 7.49. The average molecular weight is 507 g/mol. The lowest BCUT2D eigenvalue weighted by atomic mass is 10.1. The van der Waals surface area contributed by atoms with Crippen LogP contribution in [0.4, 0.5) is 13.6 Å². The lowest BCUT2D eigenvalue weighted by Crippen LogP contribution is -2.46. The molecule has 1 aliphatic rings. The van der Waals surface area contributed by atoms with E-state index in [2.05, 4.69) is 5.32 Å². The van der Waals surface area contributed by atoms with E-state index in [1.807, 2.05) is 0 Å². The Hall–Kier alpha value is -3.86. The van der Waals surface area contributed by atoms with Crippen molar-refractivity contribution < 1.29 is 33.0 Å². The number of aromatic nitrogens is 1. The van der Waals surface area contributed by atoms with Gasteiger partial charge in [0.15, 0.2) is 5.75 Å². The molecule has 3 amide bonds. The van der Waals surface area contributed by atoms with Crippen LogP contribution >= 0.6 is 11.6 Å². The summed E-state index contributed by atoms with van der Waals surface area (Å²) in [6.07, 6.45) is -1.33. The quantitative estimate of drug-likeness (QED) is 0.474. The van der Waals surface area contributed by atoms with Crippen LogP contribution in [0.2, 0.25) is 5.02 Å². The summed E-state index contributed by atoms with van der Waals surface area (Å²) in [6.45, 7) is -0.810. The van der Waals surface area contributed by atoms with E-state index in [0.717, 1.165) is 4.90 Å². The van der Waals surface area contributed by atoms with Crippen molar-refractivity contribution in [2.75, 3.05) is 6.54 Å². The zero-order valence-electron chi connectivity index (χ0n) is 18.2. The first-order chi connectivity index (χ1) is 16.6. The molecule has 3 aromatic rings. The number of primary amides is 1. The fraction of sp³-hybridized carbons (Fsp3) is 0.261. The van der Waals surface area contributed by atoms with Crippen molar-refractivity contribution in [3.05, 3.63) is 59.0 Å². The minimum Gasteiger partial charge on any atom is -0.508 e. The highest BCUT2D eigenvalue weighted by Gasteiger charge is 2.39. The van der Waals surface area contributed by atoms with Gasteiger partial charge < -0.3 is 30.4 Å². The molecule has 0 saturated carbocycles. The second kappa shape index (κ2) is 9.79. The van der Waals surface area contributed by atoms with Crippen LogP contribution in [0.5, 0.6) is 11.5 Å². The molecule has 0 unspecified atom stereocenters. The number of nitrogens with two attached hydrogens (primary N) is 1. The number of phenols is 1. The van der Waals surface area contributed by atoms with Gasteiger partial charge in [-0.2, -0.15) is 0 Å². The molecule has 0 bridgehead atoms. The molecule has 184 valence electrons. The number of likely N-dealkylation sites (tertiary alicyclic amines) is 1. The molecular formula is C23H21ClF2N4O5. The number of carbonyl (C=O) groups is 3. The van der Waals surface area contributed by atoms with Crippen LogP contribution in [0.25, 0.3) is 10.9 Å². The molecule has 0 radical (unpaired) electrons. The van der Waals surface area contributed by atoms with Crippen molar-refractivity contribution in [2.45, 2.75) is 31.7 Å². The Morgan fingerprint density at radius 1 is 1.26 bits per heavy atom. The second-order valence-electron chi connectivity index (χ2n) is 8.07. The first-order valence-corrected chi connectivity index (χ1v) is 10.9. The van der Waals surface area contributed by atoms with Gasteiger partial charge >= 0.3 is 6.09 Å². The molecule has 4 N–H and O–H groups in total. The maximum atomic E-state index is 14.3. The number of benzene rings is 2. The van der Waals surface area contributed by atoms with Gasteiger partial charge in [0, 0.05) is 36.2 Å². The number of carbonyl (C=O) groups excluding carboxylic acids is 3. The third kappa shape index (κ3) is 5.14. The SMILES string of the molecule is NC(=O)Oc1cn(CC(=O)N2C[C@H](F)C[C@H]2C(=O)NCc2cccc(Cl)c2F)c2cc(O)ccc12. The molecule has 2 atom stereocenters. The number of aromatic hydroxyl groups is 1. The number of phenolic OH excluding ortho intramolecular Hbond substituents is 1. The highest BCUT2D eigenvalue weighted by Crippen LogP contribution is 2.31. The fourth-order valence-electron chi connectivity index (χ4n) is 4.10. The van der Waals surface area contributed by atoms with Crippen LogP contribution in [0.15, 0.2) is 42.6 Å². The molecule has 1 saturated heterocycles. The third-order valence-electron chi connectivity index (χ3n) is 5.70. The predicted octanol–water partition coefficient (Wildman–Crippen LogP) is 2.85. The van der Waals surface area contributed by atoms with Gasteiger partial charge in [-0.3, -0.25) is 9.59 Å². The predicted molar refractivity (Wildman–Crippen MR) is 122 cm³/mol. The first kappa shape index (κ1) is 24.3. The van der Waals surface area contributed by atoms with Crippen molar-refractivity contribution in [2.24, 2.45) is 5.73 Å². The zero-order chi connectivity index (χ0) is 25.3. The lowest BCUT2D eigenvalue weighted by Gasteiger charge is -2.24. The number of nitrogens with one attached hydrogen (secondary N) is 1. The number of fused-ring (bicyclic) bond motifs is 1. The Kier molecular flexibility index (Phi) is 6.79. The van der Waals surface area contributed by atoms with Gasteiger partial charge in [0.2, 0.25) is 11.8 Å². The minimum absolute atomic E-state index is 0.0722. The largest absolute Gasteiger partial charge is 0.508 e. The van der Waals surface area contributed by atoms with Crippen LogP contribution in [-0.4, -0.2) is 51.2 Å². The Bertz CT molecular complexity index is 1310. The maximum absolute atomic E-state index is 14.3. The van der Waals surface area contributed by atoms with E-state index >= 15 is 0 Å². The van der Waals surface area contributed by atoms with E-state index in [4.69, 9.17) is 22.1 Å². The van der Waals surface area contributed by atoms with Crippen LogP contribution in [0.3, 0.4) is 0 Å². The third-order valence-corrected chi connectivity index (χ3v) is 6.00. The molecular weight excluding hydrogens is 486 g/mol. The van der Waals surface area contributed by atoms with Crippen LogP contribution in [0.1, 0.15) is 12.0 Å². The van der Waals surface area contributed by atoms with Gasteiger partial charge in [0.1, 0.15) is 30.3 Å². The summed E-state index contributed by atoms with van der Waals surface area (Å²) in [5.74, 6) is -1.90. The highest BCUT2D eigenvalue weighted by atomic mass is 35.5. The summed E-state index contributed by atoms with van der Waals surface area (Å²) in [5, 5.41) is 12.7. The maximum Gasteiger partial charge on any atom is 0.410 e. The summed E-state index contributed by atoms with van der Waals surface area (Å²) in [4.78, 5) is 38.2. The Labute approximate surface area is 203 Å². The molecule has 4 rings (SSSR count). The molecule has 12 heteroatoms. The Balaban J connectivity index is 1.52. The van der Waals surface area contributed by atoms with Crippen molar-refractivity contribution in [3.63, 3.8) is 0 Å². The number of halogens is 3. The number of amides is 3. The molecule has 2 aromatic carbocycles. The number of nitrogens with zero attached hydrogens (tertiary/aromatic N) is 2. The van der Waals surface area contributed by atoms with Crippen molar-refractivity contribution in [3.8, 4) is 11.5 Å². The number of alkyl halides is 1. The van der Waals surface area contributed by atoms with Gasteiger partial charge in [-0.15, -0.1) is 0 Å². The molecule has 1 aromatic heterocycles. The van der Waals surface area contributed by atoms with Crippen LogP contribution in [-0.2, 0) is 22.7 Å². The van der Waals surface area contributed by atoms with Gasteiger partial charge in [-0.1, -0.05) is 23.7 Å². The summed E-state index contributed by atoms with van der Waals surface area (Å²) in [5.41, 5.74) is 5.61. The number of rotatable bonds is 6. The van der Waals surface area contributed by atoms with E-state index in [0.29, 0.717) is 10.9 Å². The molecule has 9 nitrogen and oxygen atoms in total. The Morgan fingerprint density at radius 3 is 2.77 bits per heavy atom. The minimum atomic E-state index is -1.42. The van der Waals surface area contributed by atoms with E-state index in [1.54, 1.807) is 0 Å². The lowest BCUT2D eigenvalue weighted by molar-refractivity contribution is -0.139. The van der Waals surface area contributed by atoms with Gasteiger partial charge in [-0.05, 0) is 18.2 Å². The summed E-state index contributed by atoms with van der Waals surface area (Å²) < 4.78 is 34.7. The summed E-state index contributed by atoms with van der Waals surface area (Å²) in [7, 11) is 0. The van der Waals surface area contributed by atoms with Gasteiger partial charge in [0.05, 0.1) is 17.1 Å². The van der Waals surface area contributed by atoms with Crippen molar-refractivity contribution in [1.82, 2.24) is 14.8 Å². The van der Waals surface area contributed by atoms with E-state index in [-0.39, 0.29) is 48.1 Å². The second-order valence-corrected chi connectivity index (χ2v) is 8.48. The van der Waals surface area contributed by atoms with Gasteiger partial charge in [-0.25, -0.2) is 13.6 Å². The first-order valence-electron chi connectivity index (χ1n) is 10.6. The van der Waals surface area contributed by atoms with Crippen molar-refractivity contribution in [1.29, 1.82) is 0 Å². The summed E-state index contributed by atoms with van der Waals surface area (Å²) >= 11 is 5.76. The average Bonchev–Trinajstić information content (AvgIpc) is 3.34. The van der Waals surface area contributed by atoms with E-state index in [1.165, 1.54) is 47.2 Å².